The van der Waals surface area contributed by atoms with Gasteiger partial charge >= 0.3 is 11.9 Å². The summed E-state index contributed by atoms with van der Waals surface area (Å²) in [6, 6.07) is 0. The number of hydrogen-bond donors (Lipinski definition) is 2. The average molecular weight is 174 g/mol. The summed E-state index contributed by atoms with van der Waals surface area (Å²) in [5, 5.41) is 15.0. The van der Waals surface area contributed by atoms with Crippen molar-refractivity contribution in [3.63, 3.8) is 0 Å². The Morgan fingerprint density at radius 1 is 1.00 bits per heavy atom. The van der Waals surface area contributed by atoms with E-state index < -0.39 is 11.9 Å². The van der Waals surface area contributed by atoms with Crippen molar-refractivity contribution >= 4 is 25.4 Å². The lowest BCUT2D eigenvalue weighted by Crippen LogP contribution is -1.83. The monoisotopic (exact) mass is 174 g/mol. The summed E-state index contributed by atoms with van der Waals surface area (Å²) in [7, 11) is 0. The Morgan fingerprint density at radius 3 is 1.09 bits per heavy atom. The molecule has 0 heterocycles. The number of carboxylic acids is 2. The molecule has 0 aromatic rings. The van der Waals surface area contributed by atoms with Crippen LogP contribution >= 0.6 is 13.5 Å². The van der Waals surface area contributed by atoms with E-state index in [0.717, 1.165) is 0 Å². The Balaban J connectivity index is -0.000000107. The molecule has 0 aromatic heterocycles. The van der Waals surface area contributed by atoms with Gasteiger partial charge in [0.1, 0.15) is 0 Å². The van der Waals surface area contributed by atoms with Crippen LogP contribution in [0.3, 0.4) is 0 Å². The van der Waals surface area contributed by atoms with Crippen molar-refractivity contribution < 1.29 is 19.8 Å². The first-order chi connectivity index (χ1) is 4.54. The molecule has 0 unspecified atom stereocenters. The van der Waals surface area contributed by atoms with Crippen LogP contribution in [-0.2, 0) is 9.59 Å². The average Bonchev–Trinajstić information content (AvgIpc) is 1.89. The molecule has 0 aliphatic heterocycles. The van der Waals surface area contributed by atoms with Gasteiger partial charge in [0.25, 0.3) is 0 Å². The number of rotatable bonds is 0. The highest BCUT2D eigenvalue weighted by molar-refractivity contribution is 7.59. The fourth-order valence-corrected chi connectivity index (χ4v) is 0. The second-order valence-electron chi connectivity index (χ2n) is 0.899. The van der Waals surface area contributed by atoms with Crippen molar-refractivity contribution in [1.29, 1.82) is 0 Å². The van der Waals surface area contributed by atoms with E-state index in [0.29, 0.717) is 0 Å². The SMILES string of the molecule is C#CC(=O)O.C#CC(=O)O.S. The standard InChI is InChI=1S/2C3H2O2.H2S/c2*1-2-3(4)5;/h2*1H,(H,4,5);1H2. The third kappa shape index (κ3) is 59.5. The lowest BCUT2D eigenvalue weighted by atomic mass is 10.7. The van der Waals surface area contributed by atoms with Gasteiger partial charge in [-0.05, 0) is 0 Å². The Kier molecular flexibility index (Phi) is 16.5. The molecule has 0 saturated heterocycles. The van der Waals surface area contributed by atoms with Gasteiger partial charge in [0, 0.05) is 11.8 Å². The second-order valence-corrected chi connectivity index (χ2v) is 0.899. The Morgan fingerprint density at radius 2 is 1.09 bits per heavy atom. The molecule has 0 fully saturated rings. The molecule has 2 N–H and O–H groups in total. The molecule has 11 heavy (non-hydrogen) atoms. The number of hydrogen-bond acceptors (Lipinski definition) is 2. The molecule has 0 aliphatic rings. The summed E-state index contributed by atoms with van der Waals surface area (Å²) in [4.78, 5) is 18.3. The van der Waals surface area contributed by atoms with Crippen LogP contribution in [-0.4, -0.2) is 22.2 Å². The second kappa shape index (κ2) is 11.2. The number of carbonyl (C=O) groups is 2. The summed E-state index contributed by atoms with van der Waals surface area (Å²) in [5.41, 5.74) is 0. The van der Waals surface area contributed by atoms with Crippen molar-refractivity contribution in [2.24, 2.45) is 0 Å². The maximum absolute atomic E-state index is 9.13. The van der Waals surface area contributed by atoms with E-state index in [1.165, 1.54) is 11.8 Å². The highest BCUT2D eigenvalue weighted by Gasteiger charge is 1.74. The van der Waals surface area contributed by atoms with Gasteiger partial charge in [0.15, 0.2) is 0 Å². The molecule has 0 amide bonds. The third-order valence-corrected chi connectivity index (χ3v) is 0.247. The van der Waals surface area contributed by atoms with Crippen LogP contribution in [0, 0.1) is 24.7 Å². The molecule has 0 aromatic carbocycles. The van der Waals surface area contributed by atoms with Crippen molar-refractivity contribution in [1.82, 2.24) is 0 Å². The Bertz CT molecular complexity index is 184. The van der Waals surface area contributed by atoms with Crippen LogP contribution < -0.4 is 0 Å². The summed E-state index contributed by atoms with van der Waals surface area (Å²) in [6.45, 7) is 0. The molecule has 0 radical (unpaired) electrons. The number of aliphatic carboxylic acids is 2. The molecule has 0 saturated carbocycles. The molecular weight excluding hydrogens is 168 g/mol. The summed E-state index contributed by atoms with van der Waals surface area (Å²) in [5.74, 6) is 0.454. The van der Waals surface area contributed by atoms with E-state index in [1.807, 2.05) is 0 Å². The first kappa shape index (κ1) is 16.2. The quantitative estimate of drug-likeness (QED) is 0.486. The summed E-state index contributed by atoms with van der Waals surface area (Å²) in [6.07, 6.45) is 8.64. The van der Waals surface area contributed by atoms with E-state index in [4.69, 9.17) is 19.8 Å². The van der Waals surface area contributed by atoms with E-state index in [2.05, 4.69) is 12.8 Å². The van der Waals surface area contributed by atoms with E-state index in [9.17, 15) is 0 Å². The normalized spacial score (nSPS) is 4.91. The zero-order valence-corrected chi connectivity index (χ0v) is 6.37. The molecule has 60 valence electrons. The Labute approximate surface area is 70.7 Å². The van der Waals surface area contributed by atoms with Gasteiger partial charge in [-0.25, -0.2) is 9.59 Å². The van der Waals surface area contributed by atoms with Crippen LogP contribution in [0.4, 0.5) is 0 Å². The van der Waals surface area contributed by atoms with E-state index >= 15 is 0 Å². The molecular formula is C6H6O4S. The van der Waals surface area contributed by atoms with Gasteiger partial charge in [0.2, 0.25) is 0 Å². The molecule has 0 aliphatic carbocycles. The number of terminal acetylenes is 2. The lowest BCUT2D eigenvalue weighted by Gasteiger charge is -1.60. The minimum atomic E-state index is -1.22. The van der Waals surface area contributed by atoms with Crippen LogP contribution in [0.5, 0.6) is 0 Å². The maximum Gasteiger partial charge on any atom is 0.381 e. The minimum Gasteiger partial charge on any atom is -0.472 e. The molecule has 0 atom stereocenters. The lowest BCUT2D eigenvalue weighted by molar-refractivity contribution is -0.131. The molecule has 0 rings (SSSR count). The van der Waals surface area contributed by atoms with Gasteiger partial charge in [-0.2, -0.15) is 13.5 Å². The first-order valence-corrected chi connectivity index (χ1v) is 1.93. The van der Waals surface area contributed by atoms with Gasteiger partial charge in [-0.15, -0.1) is 12.8 Å². The minimum absolute atomic E-state index is 0. The zero-order valence-electron chi connectivity index (χ0n) is 5.37. The zero-order chi connectivity index (χ0) is 8.57. The predicted octanol–water partition coefficient (Wildman–Crippen LogP) is -0.479. The van der Waals surface area contributed by atoms with Crippen molar-refractivity contribution in [2.75, 3.05) is 0 Å². The van der Waals surface area contributed by atoms with Crippen LogP contribution in [0.2, 0.25) is 0 Å². The van der Waals surface area contributed by atoms with Crippen molar-refractivity contribution in [3.8, 4) is 24.7 Å². The van der Waals surface area contributed by atoms with E-state index in [1.54, 1.807) is 0 Å². The van der Waals surface area contributed by atoms with Crippen molar-refractivity contribution in [3.05, 3.63) is 0 Å². The highest BCUT2D eigenvalue weighted by Crippen LogP contribution is 1.45. The fourth-order valence-electron chi connectivity index (χ4n) is 0. The summed E-state index contributed by atoms with van der Waals surface area (Å²) < 4.78 is 0. The Hall–Kier alpha value is -1.59. The van der Waals surface area contributed by atoms with E-state index in [-0.39, 0.29) is 13.5 Å². The first-order valence-electron chi connectivity index (χ1n) is 1.93. The number of carboxylic acid groups (broad SMARTS) is 2. The predicted molar refractivity (Wildman–Crippen MR) is 43.3 cm³/mol. The van der Waals surface area contributed by atoms with Gasteiger partial charge < -0.3 is 10.2 Å². The van der Waals surface area contributed by atoms with Gasteiger partial charge in [-0.3, -0.25) is 0 Å². The third-order valence-electron chi connectivity index (χ3n) is 0.247. The molecule has 0 bridgehead atoms. The largest absolute Gasteiger partial charge is 0.472 e. The van der Waals surface area contributed by atoms with Crippen LogP contribution in [0.15, 0.2) is 0 Å². The van der Waals surface area contributed by atoms with Gasteiger partial charge in [-0.1, -0.05) is 0 Å². The maximum atomic E-state index is 9.13. The van der Waals surface area contributed by atoms with Crippen molar-refractivity contribution in [2.45, 2.75) is 0 Å². The van der Waals surface area contributed by atoms with Crippen LogP contribution in [0.25, 0.3) is 0 Å². The molecule has 5 heteroatoms. The molecule has 0 spiro atoms. The smallest absolute Gasteiger partial charge is 0.381 e. The highest BCUT2D eigenvalue weighted by atomic mass is 32.1. The fraction of sp³-hybridized carbons (Fsp3) is 0. The van der Waals surface area contributed by atoms with Crippen LogP contribution in [0.1, 0.15) is 0 Å². The topological polar surface area (TPSA) is 74.6 Å². The summed E-state index contributed by atoms with van der Waals surface area (Å²) >= 11 is 0. The van der Waals surface area contributed by atoms with Gasteiger partial charge in [0.05, 0.1) is 0 Å². The molecule has 4 nitrogen and oxygen atoms in total.